The van der Waals surface area contributed by atoms with Gasteiger partial charge in [0.1, 0.15) is 6.26 Å². The van der Waals surface area contributed by atoms with Gasteiger partial charge in [-0.05, 0) is 19.2 Å². The van der Waals surface area contributed by atoms with Gasteiger partial charge in [-0.3, -0.25) is 4.98 Å². The fourth-order valence-electron chi connectivity index (χ4n) is 1.30. The molecule has 1 N–H and O–H groups in total. The molecule has 2 rings (SSSR count). The largest absolute Gasteiger partial charge is 0.444 e. The van der Waals surface area contributed by atoms with Gasteiger partial charge in [-0.15, -0.1) is 0 Å². The molecule has 0 spiro atoms. The van der Waals surface area contributed by atoms with Gasteiger partial charge in [0.15, 0.2) is 0 Å². The summed E-state index contributed by atoms with van der Waals surface area (Å²) in [7, 11) is 1.92. The molecule has 0 atom stereocenters. The summed E-state index contributed by atoms with van der Waals surface area (Å²) in [6.45, 7) is 0.905. The molecule has 0 saturated heterocycles. The molecule has 0 aliphatic carbocycles. The molecule has 2 aromatic rings. The molecule has 2 aromatic heterocycles. The SMILES string of the molecule is CNCCc1coc(-c2ccncc2)n1. The van der Waals surface area contributed by atoms with E-state index in [9.17, 15) is 0 Å². The molecule has 0 saturated carbocycles. The first kappa shape index (κ1) is 9.86. The summed E-state index contributed by atoms with van der Waals surface area (Å²) < 4.78 is 5.38. The summed E-state index contributed by atoms with van der Waals surface area (Å²) in [5, 5.41) is 3.07. The predicted octanol–water partition coefficient (Wildman–Crippen LogP) is 1.50. The molecule has 0 amide bonds. The summed E-state index contributed by atoms with van der Waals surface area (Å²) in [6, 6.07) is 3.77. The average Bonchev–Trinajstić information content (AvgIpc) is 2.76. The van der Waals surface area contributed by atoms with Crippen LogP contribution in [0, 0.1) is 0 Å². The number of pyridine rings is 1. The number of nitrogens with zero attached hydrogens (tertiary/aromatic N) is 2. The maximum absolute atomic E-state index is 5.38. The van der Waals surface area contributed by atoms with E-state index >= 15 is 0 Å². The van der Waals surface area contributed by atoms with Gasteiger partial charge in [-0.25, -0.2) is 4.98 Å². The van der Waals surface area contributed by atoms with E-state index in [4.69, 9.17) is 4.42 Å². The van der Waals surface area contributed by atoms with Crippen LogP contribution in [-0.4, -0.2) is 23.6 Å². The third kappa shape index (κ3) is 2.41. The Kier molecular flexibility index (Phi) is 3.09. The molecule has 0 bridgehead atoms. The van der Waals surface area contributed by atoms with Crippen molar-refractivity contribution >= 4 is 0 Å². The zero-order valence-corrected chi connectivity index (χ0v) is 8.60. The summed E-state index contributed by atoms with van der Waals surface area (Å²) in [5.41, 5.74) is 1.93. The Morgan fingerprint density at radius 3 is 2.87 bits per heavy atom. The lowest BCUT2D eigenvalue weighted by Crippen LogP contribution is -2.10. The van der Waals surface area contributed by atoms with Crippen LogP contribution in [-0.2, 0) is 6.42 Å². The van der Waals surface area contributed by atoms with Crippen molar-refractivity contribution in [3.05, 3.63) is 36.5 Å². The molecular weight excluding hydrogens is 190 g/mol. The predicted molar refractivity (Wildman–Crippen MR) is 57.4 cm³/mol. The molecule has 0 aliphatic heterocycles. The lowest BCUT2D eigenvalue weighted by Gasteiger charge is -1.93. The van der Waals surface area contributed by atoms with Gasteiger partial charge in [-0.1, -0.05) is 0 Å². The highest BCUT2D eigenvalue weighted by Gasteiger charge is 2.05. The van der Waals surface area contributed by atoms with Crippen molar-refractivity contribution in [1.29, 1.82) is 0 Å². The van der Waals surface area contributed by atoms with Crippen LogP contribution in [0.3, 0.4) is 0 Å². The number of likely N-dealkylation sites (N-methyl/N-ethyl adjacent to an activating group) is 1. The van der Waals surface area contributed by atoms with Gasteiger partial charge in [0.25, 0.3) is 0 Å². The van der Waals surface area contributed by atoms with Crippen molar-refractivity contribution in [2.24, 2.45) is 0 Å². The van der Waals surface area contributed by atoms with Crippen LogP contribution in [0.5, 0.6) is 0 Å². The Bertz CT molecular complexity index is 411. The van der Waals surface area contributed by atoms with E-state index in [1.165, 1.54) is 0 Å². The Balaban J connectivity index is 2.14. The normalized spacial score (nSPS) is 10.5. The number of aromatic nitrogens is 2. The standard InChI is InChI=1S/C11H13N3O/c1-12-5-4-10-8-15-11(14-10)9-2-6-13-7-3-9/h2-3,6-8,12H,4-5H2,1H3. The van der Waals surface area contributed by atoms with E-state index < -0.39 is 0 Å². The van der Waals surface area contributed by atoms with E-state index in [1.807, 2.05) is 19.2 Å². The molecular formula is C11H13N3O. The third-order valence-electron chi connectivity index (χ3n) is 2.11. The second-order valence-corrected chi connectivity index (χ2v) is 3.23. The first-order chi connectivity index (χ1) is 7.40. The van der Waals surface area contributed by atoms with Crippen molar-refractivity contribution in [3.8, 4) is 11.5 Å². The average molecular weight is 203 g/mol. The van der Waals surface area contributed by atoms with Crippen LogP contribution >= 0.6 is 0 Å². The van der Waals surface area contributed by atoms with Gasteiger partial charge in [0.2, 0.25) is 5.89 Å². The topological polar surface area (TPSA) is 51.0 Å². The number of rotatable bonds is 4. The van der Waals surface area contributed by atoms with Crippen molar-refractivity contribution in [3.63, 3.8) is 0 Å². The Hall–Kier alpha value is -1.68. The first-order valence-electron chi connectivity index (χ1n) is 4.89. The van der Waals surface area contributed by atoms with Crippen LogP contribution in [0.1, 0.15) is 5.69 Å². The summed E-state index contributed by atoms with van der Waals surface area (Å²) in [5.74, 6) is 0.656. The molecule has 4 nitrogen and oxygen atoms in total. The Labute approximate surface area is 88.4 Å². The van der Waals surface area contributed by atoms with E-state index in [1.54, 1.807) is 18.7 Å². The lowest BCUT2D eigenvalue weighted by atomic mass is 10.3. The second kappa shape index (κ2) is 4.70. The molecule has 15 heavy (non-hydrogen) atoms. The van der Waals surface area contributed by atoms with Crippen LogP contribution in [0.25, 0.3) is 11.5 Å². The minimum Gasteiger partial charge on any atom is -0.444 e. The highest BCUT2D eigenvalue weighted by atomic mass is 16.3. The maximum Gasteiger partial charge on any atom is 0.226 e. The van der Waals surface area contributed by atoms with Crippen LogP contribution in [0.2, 0.25) is 0 Å². The smallest absolute Gasteiger partial charge is 0.226 e. The van der Waals surface area contributed by atoms with Crippen molar-refractivity contribution in [2.45, 2.75) is 6.42 Å². The monoisotopic (exact) mass is 203 g/mol. The minimum atomic E-state index is 0.656. The fourth-order valence-corrected chi connectivity index (χ4v) is 1.30. The molecule has 0 aliphatic rings. The van der Waals surface area contributed by atoms with Gasteiger partial charge in [-0.2, -0.15) is 0 Å². The Morgan fingerprint density at radius 1 is 1.33 bits per heavy atom. The highest BCUT2D eigenvalue weighted by Crippen LogP contribution is 2.17. The summed E-state index contributed by atoms with van der Waals surface area (Å²) >= 11 is 0. The van der Waals surface area contributed by atoms with Crippen LogP contribution in [0.15, 0.2) is 35.2 Å². The van der Waals surface area contributed by atoms with Crippen LogP contribution in [0.4, 0.5) is 0 Å². The van der Waals surface area contributed by atoms with Crippen LogP contribution < -0.4 is 5.32 Å². The quantitative estimate of drug-likeness (QED) is 0.818. The van der Waals surface area contributed by atoms with Gasteiger partial charge < -0.3 is 9.73 Å². The number of oxazole rings is 1. The zero-order valence-electron chi connectivity index (χ0n) is 8.60. The van der Waals surface area contributed by atoms with E-state index in [-0.39, 0.29) is 0 Å². The lowest BCUT2D eigenvalue weighted by molar-refractivity contribution is 0.572. The van der Waals surface area contributed by atoms with Crippen molar-refractivity contribution in [1.82, 2.24) is 15.3 Å². The molecule has 78 valence electrons. The van der Waals surface area contributed by atoms with Gasteiger partial charge in [0.05, 0.1) is 5.69 Å². The van der Waals surface area contributed by atoms with Gasteiger partial charge >= 0.3 is 0 Å². The first-order valence-corrected chi connectivity index (χ1v) is 4.89. The molecule has 0 unspecified atom stereocenters. The third-order valence-corrected chi connectivity index (χ3v) is 2.11. The Morgan fingerprint density at radius 2 is 2.13 bits per heavy atom. The maximum atomic E-state index is 5.38. The highest BCUT2D eigenvalue weighted by molar-refractivity contribution is 5.51. The summed E-state index contributed by atoms with van der Waals surface area (Å²) in [6.07, 6.45) is 6.04. The summed E-state index contributed by atoms with van der Waals surface area (Å²) in [4.78, 5) is 8.33. The van der Waals surface area contributed by atoms with Crippen molar-refractivity contribution < 1.29 is 4.42 Å². The number of hydrogen-bond donors (Lipinski definition) is 1. The number of nitrogens with one attached hydrogen (secondary N) is 1. The van der Waals surface area contributed by atoms with E-state index in [2.05, 4.69) is 15.3 Å². The second-order valence-electron chi connectivity index (χ2n) is 3.23. The molecule has 2 heterocycles. The molecule has 0 fully saturated rings. The van der Waals surface area contributed by atoms with Gasteiger partial charge in [0, 0.05) is 30.9 Å². The zero-order chi connectivity index (χ0) is 10.5. The number of hydrogen-bond acceptors (Lipinski definition) is 4. The van der Waals surface area contributed by atoms with Crippen molar-refractivity contribution in [2.75, 3.05) is 13.6 Å². The van der Waals surface area contributed by atoms with E-state index in [0.29, 0.717) is 5.89 Å². The van der Waals surface area contributed by atoms with E-state index in [0.717, 1.165) is 24.2 Å². The molecule has 4 heteroatoms. The minimum absolute atomic E-state index is 0.656. The fraction of sp³-hybridized carbons (Fsp3) is 0.273. The molecule has 0 radical (unpaired) electrons. The molecule has 0 aromatic carbocycles.